The summed E-state index contributed by atoms with van der Waals surface area (Å²) in [5.74, 6) is -1.11. The van der Waals surface area contributed by atoms with Crippen LogP contribution in [0.2, 0.25) is 0 Å². The summed E-state index contributed by atoms with van der Waals surface area (Å²) in [5, 5.41) is 16.2. The number of oxazole rings is 1. The average molecular weight is 739 g/mol. The van der Waals surface area contributed by atoms with E-state index < -0.39 is 47.2 Å². The number of nitrogens with zero attached hydrogens (tertiary/aromatic N) is 2. The number of hydrogen-bond acceptors (Lipinski definition) is 11. The predicted molar refractivity (Wildman–Crippen MR) is 199 cm³/mol. The second-order valence-electron chi connectivity index (χ2n) is 12.7. The molecule has 1 aromatic heterocycles. The van der Waals surface area contributed by atoms with E-state index >= 15 is 0 Å². The minimum absolute atomic E-state index is 0.0954. The number of ether oxygens (including phenoxy) is 4. The molecule has 0 bridgehead atoms. The normalized spacial score (nSPS) is 18.8. The van der Waals surface area contributed by atoms with Gasteiger partial charge in [0.15, 0.2) is 13.2 Å². The van der Waals surface area contributed by atoms with Crippen LogP contribution in [0, 0.1) is 5.41 Å². The van der Waals surface area contributed by atoms with Crippen molar-refractivity contribution in [1.82, 2.24) is 20.5 Å². The van der Waals surface area contributed by atoms with Crippen LogP contribution < -0.4 is 10.6 Å². The fourth-order valence-corrected chi connectivity index (χ4v) is 4.88. The van der Waals surface area contributed by atoms with Crippen LogP contribution in [0.25, 0.3) is 0 Å². The van der Waals surface area contributed by atoms with Gasteiger partial charge in [-0.3, -0.25) is 19.2 Å². The summed E-state index contributed by atoms with van der Waals surface area (Å²) in [6.45, 7) is 8.32. The molecule has 1 saturated heterocycles. The van der Waals surface area contributed by atoms with E-state index in [1.807, 2.05) is 18.2 Å². The fraction of sp³-hybridized carbons (Fsp3) is 0.462. The van der Waals surface area contributed by atoms with Crippen molar-refractivity contribution >= 4 is 23.7 Å². The molecule has 3 amide bonds. The summed E-state index contributed by atoms with van der Waals surface area (Å²) in [7, 11) is 2.99. The third kappa shape index (κ3) is 14.6. The number of carbonyl (C=O) groups is 4. The van der Waals surface area contributed by atoms with Crippen LogP contribution in [0.15, 0.2) is 102 Å². The molecule has 1 aliphatic heterocycles. The number of rotatable bonds is 21. The third-order valence-corrected chi connectivity index (χ3v) is 8.34. The molecule has 3 N–H and O–H groups in total. The number of hydrogen-bond donors (Lipinski definition) is 3. The SMILES string of the molecule is CCC(=O)OCC(C(C)OC)N(C)C(=O)C1(NC(=O)/C=C/C=C/C=C/C=C\CNC(=O)C(C)(C)C(O)\C(C)=C/C=C\C=C\Cc2cnco2)COCO1. The van der Waals surface area contributed by atoms with Crippen LogP contribution in [0.1, 0.15) is 46.8 Å². The number of aliphatic hydroxyl groups is 1. The Labute approximate surface area is 312 Å². The molecule has 1 aromatic rings. The zero-order valence-electron chi connectivity index (χ0n) is 31.7. The average Bonchev–Trinajstić information content (AvgIpc) is 3.85. The highest BCUT2D eigenvalue weighted by atomic mass is 16.7. The minimum Gasteiger partial charge on any atom is -0.463 e. The number of amides is 3. The molecule has 0 aliphatic carbocycles. The Balaban J connectivity index is 1.82. The second-order valence-corrected chi connectivity index (χ2v) is 12.7. The first-order valence-corrected chi connectivity index (χ1v) is 17.3. The van der Waals surface area contributed by atoms with Crippen molar-refractivity contribution in [2.75, 3.05) is 40.7 Å². The molecular formula is C39H54N4O10. The highest BCUT2D eigenvalue weighted by Crippen LogP contribution is 2.26. The lowest BCUT2D eigenvalue weighted by Gasteiger charge is -2.37. The predicted octanol–water partition coefficient (Wildman–Crippen LogP) is 3.64. The van der Waals surface area contributed by atoms with Crippen molar-refractivity contribution in [1.29, 1.82) is 0 Å². The van der Waals surface area contributed by atoms with Crippen molar-refractivity contribution < 1.29 is 47.6 Å². The molecule has 4 atom stereocenters. The van der Waals surface area contributed by atoms with Gasteiger partial charge in [-0.05, 0) is 33.3 Å². The van der Waals surface area contributed by atoms with Crippen LogP contribution in [0.3, 0.4) is 0 Å². The maximum absolute atomic E-state index is 13.5. The molecule has 4 unspecified atom stereocenters. The quantitative estimate of drug-likeness (QED) is 0.0953. The molecule has 2 heterocycles. The molecule has 290 valence electrons. The third-order valence-electron chi connectivity index (χ3n) is 8.34. The summed E-state index contributed by atoms with van der Waals surface area (Å²) in [6, 6.07) is -0.646. The first-order valence-electron chi connectivity index (χ1n) is 17.3. The number of aliphatic hydroxyl groups excluding tert-OH is 1. The number of esters is 1. The number of aromatic nitrogens is 1. The topological polar surface area (TPSA) is 179 Å². The van der Waals surface area contributed by atoms with Crippen LogP contribution in [0.4, 0.5) is 0 Å². The number of likely N-dealkylation sites (N-methyl/N-ethyl adjacent to an activating group) is 1. The van der Waals surface area contributed by atoms with E-state index in [9.17, 15) is 24.3 Å². The molecule has 0 radical (unpaired) electrons. The van der Waals surface area contributed by atoms with Crippen LogP contribution in [-0.4, -0.2) is 103 Å². The Hall–Kier alpha value is -4.89. The van der Waals surface area contributed by atoms with Gasteiger partial charge in [0.1, 0.15) is 19.0 Å². The van der Waals surface area contributed by atoms with Crippen molar-refractivity contribution in [2.24, 2.45) is 5.41 Å². The fourth-order valence-electron chi connectivity index (χ4n) is 4.88. The summed E-state index contributed by atoms with van der Waals surface area (Å²) in [4.78, 5) is 56.1. The highest BCUT2D eigenvalue weighted by Gasteiger charge is 2.48. The van der Waals surface area contributed by atoms with Crippen molar-refractivity contribution in [3.05, 3.63) is 103 Å². The van der Waals surface area contributed by atoms with Gasteiger partial charge in [-0.2, -0.15) is 0 Å². The Morgan fingerprint density at radius 1 is 1.08 bits per heavy atom. The summed E-state index contributed by atoms with van der Waals surface area (Å²) >= 11 is 0. The van der Waals surface area contributed by atoms with Gasteiger partial charge in [-0.15, -0.1) is 0 Å². The highest BCUT2D eigenvalue weighted by molar-refractivity contribution is 5.95. The molecule has 1 fully saturated rings. The Bertz CT molecular complexity index is 1530. The first kappa shape index (κ1) is 44.3. The lowest BCUT2D eigenvalue weighted by Crippen LogP contribution is -2.63. The van der Waals surface area contributed by atoms with E-state index in [1.165, 1.54) is 37.6 Å². The summed E-state index contributed by atoms with van der Waals surface area (Å²) < 4.78 is 26.7. The number of carbonyl (C=O) groups excluding carboxylic acids is 4. The van der Waals surface area contributed by atoms with Crippen LogP contribution in [0.5, 0.6) is 0 Å². The zero-order valence-corrected chi connectivity index (χ0v) is 31.7. The van der Waals surface area contributed by atoms with Gasteiger partial charge in [-0.25, -0.2) is 4.98 Å². The number of allylic oxidation sites excluding steroid dienone is 11. The molecule has 53 heavy (non-hydrogen) atoms. The van der Waals surface area contributed by atoms with E-state index in [4.69, 9.17) is 23.4 Å². The Kier molecular flexibility index (Phi) is 19.1. The smallest absolute Gasteiger partial charge is 0.305 e. The van der Waals surface area contributed by atoms with Gasteiger partial charge in [0, 0.05) is 39.6 Å². The molecule has 14 nitrogen and oxygen atoms in total. The zero-order chi connectivity index (χ0) is 39.3. The van der Waals surface area contributed by atoms with E-state index in [2.05, 4.69) is 15.6 Å². The number of nitrogens with one attached hydrogen (secondary N) is 2. The largest absolute Gasteiger partial charge is 0.463 e. The van der Waals surface area contributed by atoms with Crippen LogP contribution >= 0.6 is 0 Å². The standard InChI is InChI=1S/C39H54N4O10/c1-8-34(45)51-25-32(30(3)49-7)43(6)37(48)39(26-50-28-53-39)42-33(44)22-18-12-10-9-11-15-19-23-41-36(47)38(4,5)35(46)29(2)20-16-13-14-17-21-31-24-40-27-52-31/h9-20,22,24,27,30,32,35,46H,8,21,23,25-26,28H2,1-7H3,(H,41,47)(H,42,44)/b11-9+,12-10+,16-13-,17-14+,19-15-,22-18+,29-20-. The maximum Gasteiger partial charge on any atom is 0.305 e. The summed E-state index contributed by atoms with van der Waals surface area (Å²) in [6.07, 6.45) is 24.6. The monoisotopic (exact) mass is 738 g/mol. The number of methoxy groups -OCH3 is 1. The first-order chi connectivity index (χ1) is 25.3. The Morgan fingerprint density at radius 3 is 2.40 bits per heavy atom. The molecule has 0 saturated carbocycles. The van der Waals surface area contributed by atoms with Gasteiger partial charge < -0.3 is 44.0 Å². The molecule has 2 rings (SSSR count). The van der Waals surface area contributed by atoms with Gasteiger partial charge >= 0.3 is 5.97 Å². The van der Waals surface area contributed by atoms with Gasteiger partial charge in [0.25, 0.3) is 5.91 Å². The molecule has 14 heteroatoms. The lowest BCUT2D eigenvalue weighted by atomic mass is 9.81. The summed E-state index contributed by atoms with van der Waals surface area (Å²) in [5.41, 5.74) is -2.17. The van der Waals surface area contributed by atoms with Gasteiger partial charge in [0.2, 0.25) is 17.5 Å². The minimum atomic E-state index is -1.77. The van der Waals surface area contributed by atoms with Crippen molar-refractivity contribution in [3.63, 3.8) is 0 Å². The lowest BCUT2D eigenvalue weighted by molar-refractivity contribution is -0.165. The van der Waals surface area contributed by atoms with Crippen LogP contribution in [-0.2, 0) is 44.5 Å². The molecule has 0 spiro atoms. The molecule has 0 aromatic carbocycles. The molecule has 1 aliphatic rings. The van der Waals surface area contributed by atoms with E-state index in [0.717, 1.165) is 5.76 Å². The van der Waals surface area contributed by atoms with E-state index in [0.29, 0.717) is 12.0 Å². The van der Waals surface area contributed by atoms with Gasteiger partial charge in [-0.1, -0.05) is 79.8 Å². The maximum atomic E-state index is 13.5. The Morgan fingerprint density at radius 2 is 1.75 bits per heavy atom. The van der Waals surface area contributed by atoms with E-state index in [1.54, 1.807) is 89.4 Å². The van der Waals surface area contributed by atoms with Crippen molar-refractivity contribution in [2.45, 2.75) is 71.4 Å². The van der Waals surface area contributed by atoms with Crippen molar-refractivity contribution in [3.8, 4) is 0 Å². The van der Waals surface area contributed by atoms with Gasteiger partial charge in [0.05, 0.1) is 29.9 Å². The molecular weight excluding hydrogens is 684 g/mol. The van der Waals surface area contributed by atoms with E-state index in [-0.39, 0.29) is 38.9 Å². The second kappa shape index (κ2) is 22.9.